The van der Waals surface area contributed by atoms with Gasteiger partial charge < -0.3 is 9.64 Å². The predicted molar refractivity (Wildman–Crippen MR) is 73.7 cm³/mol. The van der Waals surface area contributed by atoms with Crippen molar-refractivity contribution in [2.24, 2.45) is 0 Å². The molecular formula is C12H19ClN2O3. The fraction of sp³-hybridized carbons (Fsp3) is 0.500. The van der Waals surface area contributed by atoms with Gasteiger partial charge in [-0.25, -0.2) is 0 Å². The molecule has 0 aliphatic rings. The number of nitrogens with zero attached hydrogens (tertiary/aromatic N) is 2. The van der Waals surface area contributed by atoms with Gasteiger partial charge in [-0.15, -0.1) is 12.4 Å². The van der Waals surface area contributed by atoms with Crippen molar-refractivity contribution in [3.8, 4) is 5.75 Å². The highest BCUT2D eigenvalue weighted by Crippen LogP contribution is 2.27. The maximum absolute atomic E-state index is 10.8. The largest absolute Gasteiger partial charge is 0.487 e. The van der Waals surface area contributed by atoms with E-state index >= 15 is 0 Å². The lowest BCUT2D eigenvalue weighted by Gasteiger charge is -2.10. The summed E-state index contributed by atoms with van der Waals surface area (Å²) in [7, 11) is 3.96. The van der Waals surface area contributed by atoms with Crippen LogP contribution >= 0.6 is 12.4 Å². The van der Waals surface area contributed by atoms with Crippen LogP contribution in [0.15, 0.2) is 18.2 Å². The van der Waals surface area contributed by atoms with E-state index in [1.807, 2.05) is 25.9 Å². The molecule has 0 bridgehead atoms. The van der Waals surface area contributed by atoms with Gasteiger partial charge in [-0.2, -0.15) is 0 Å². The third-order valence-corrected chi connectivity index (χ3v) is 2.32. The van der Waals surface area contributed by atoms with Gasteiger partial charge in [0.2, 0.25) is 0 Å². The lowest BCUT2D eigenvalue weighted by atomic mass is 10.2. The zero-order valence-electron chi connectivity index (χ0n) is 10.9. The zero-order chi connectivity index (χ0) is 12.8. The summed E-state index contributed by atoms with van der Waals surface area (Å²) in [4.78, 5) is 12.4. The van der Waals surface area contributed by atoms with Gasteiger partial charge in [0, 0.05) is 12.6 Å². The minimum absolute atomic E-state index is 0. The molecule has 0 radical (unpaired) electrons. The van der Waals surface area contributed by atoms with Crippen LogP contribution in [0.4, 0.5) is 5.69 Å². The summed E-state index contributed by atoms with van der Waals surface area (Å²) in [6, 6.07) is 4.90. The monoisotopic (exact) mass is 274 g/mol. The number of benzene rings is 1. The Morgan fingerprint density at radius 2 is 2.06 bits per heavy atom. The molecule has 0 saturated heterocycles. The summed E-state index contributed by atoms with van der Waals surface area (Å²) in [5.74, 6) is 0.355. The Bertz CT molecular complexity index is 397. The SMILES string of the molecule is Cc1ccc([N+](=O)[O-])c(OCCCN(C)C)c1.Cl. The van der Waals surface area contributed by atoms with Crippen LogP contribution in [0.1, 0.15) is 12.0 Å². The van der Waals surface area contributed by atoms with Crippen molar-refractivity contribution in [2.45, 2.75) is 13.3 Å². The Kier molecular flexibility index (Phi) is 7.31. The Hall–Kier alpha value is -1.33. The molecule has 1 aromatic rings. The average Bonchev–Trinajstić information content (AvgIpc) is 2.23. The van der Waals surface area contributed by atoms with Crippen LogP contribution in [0.25, 0.3) is 0 Å². The number of ether oxygens (including phenoxy) is 1. The van der Waals surface area contributed by atoms with Crippen LogP contribution in [-0.4, -0.2) is 37.1 Å². The van der Waals surface area contributed by atoms with E-state index in [-0.39, 0.29) is 18.1 Å². The van der Waals surface area contributed by atoms with Crippen LogP contribution in [0, 0.1) is 17.0 Å². The molecule has 1 aromatic carbocycles. The molecule has 18 heavy (non-hydrogen) atoms. The smallest absolute Gasteiger partial charge is 0.310 e. The van der Waals surface area contributed by atoms with Crippen LogP contribution in [0.3, 0.4) is 0 Å². The van der Waals surface area contributed by atoms with Gasteiger partial charge >= 0.3 is 5.69 Å². The molecule has 0 unspecified atom stereocenters. The highest BCUT2D eigenvalue weighted by Gasteiger charge is 2.14. The van der Waals surface area contributed by atoms with Crippen molar-refractivity contribution in [3.63, 3.8) is 0 Å². The summed E-state index contributed by atoms with van der Waals surface area (Å²) >= 11 is 0. The average molecular weight is 275 g/mol. The van der Waals surface area contributed by atoms with Crippen LogP contribution < -0.4 is 4.74 Å². The minimum atomic E-state index is -0.416. The second-order valence-corrected chi connectivity index (χ2v) is 4.23. The minimum Gasteiger partial charge on any atom is -0.487 e. The lowest BCUT2D eigenvalue weighted by molar-refractivity contribution is -0.385. The standard InChI is InChI=1S/C12H18N2O3.ClH/c1-10-5-6-11(14(15)16)12(9-10)17-8-4-7-13(2)3;/h5-6,9H,4,7-8H2,1-3H3;1H. The quantitative estimate of drug-likeness (QED) is 0.455. The second kappa shape index (κ2) is 7.89. The Labute approximate surface area is 113 Å². The second-order valence-electron chi connectivity index (χ2n) is 4.23. The molecule has 0 aliphatic carbocycles. The maximum atomic E-state index is 10.8. The van der Waals surface area contributed by atoms with Crippen molar-refractivity contribution in [1.82, 2.24) is 4.90 Å². The van der Waals surface area contributed by atoms with E-state index in [1.165, 1.54) is 6.07 Å². The molecule has 0 spiro atoms. The summed E-state index contributed by atoms with van der Waals surface area (Å²) in [6.45, 7) is 3.28. The molecule has 0 aromatic heterocycles. The topological polar surface area (TPSA) is 55.6 Å². The number of rotatable bonds is 6. The molecule has 0 amide bonds. The van der Waals surface area contributed by atoms with Crippen molar-refractivity contribution in [3.05, 3.63) is 33.9 Å². The van der Waals surface area contributed by atoms with Gasteiger partial charge in [-0.05, 0) is 39.1 Å². The molecule has 1 rings (SSSR count). The molecule has 0 N–H and O–H groups in total. The maximum Gasteiger partial charge on any atom is 0.310 e. The van der Waals surface area contributed by atoms with Crippen LogP contribution in [0.5, 0.6) is 5.75 Å². The van der Waals surface area contributed by atoms with E-state index in [1.54, 1.807) is 12.1 Å². The highest BCUT2D eigenvalue weighted by atomic mass is 35.5. The first-order valence-electron chi connectivity index (χ1n) is 5.53. The molecule has 0 saturated carbocycles. The van der Waals surface area contributed by atoms with E-state index in [4.69, 9.17) is 4.74 Å². The summed E-state index contributed by atoms with van der Waals surface area (Å²) in [6.07, 6.45) is 0.845. The number of aryl methyl sites for hydroxylation is 1. The van der Waals surface area contributed by atoms with Crippen LogP contribution in [0.2, 0.25) is 0 Å². The van der Waals surface area contributed by atoms with Crippen molar-refractivity contribution >= 4 is 18.1 Å². The number of halogens is 1. The van der Waals surface area contributed by atoms with Gasteiger partial charge in [0.15, 0.2) is 5.75 Å². The zero-order valence-corrected chi connectivity index (χ0v) is 11.7. The van der Waals surface area contributed by atoms with Gasteiger partial charge in [-0.3, -0.25) is 10.1 Å². The molecule has 0 aliphatic heterocycles. The Balaban J connectivity index is 0.00000289. The van der Waals surface area contributed by atoms with E-state index in [0.717, 1.165) is 18.5 Å². The highest BCUT2D eigenvalue weighted by molar-refractivity contribution is 5.85. The van der Waals surface area contributed by atoms with E-state index in [0.29, 0.717) is 12.4 Å². The van der Waals surface area contributed by atoms with Crippen molar-refractivity contribution < 1.29 is 9.66 Å². The number of hydrogen-bond donors (Lipinski definition) is 0. The number of hydrogen-bond acceptors (Lipinski definition) is 4. The number of nitro benzene ring substituents is 1. The third kappa shape index (κ3) is 5.33. The molecule has 0 heterocycles. The Morgan fingerprint density at radius 1 is 1.39 bits per heavy atom. The van der Waals surface area contributed by atoms with Crippen molar-refractivity contribution in [2.75, 3.05) is 27.2 Å². The molecule has 0 fully saturated rings. The summed E-state index contributed by atoms with van der Waals surface area (Å²) in [5, 5.41) is 10.8. The predicted octanol–water partition coefficient (Wildman–Crippen LogP) is 2.66. The van der Waals surface area contributed by atoms with E-state index < -0.39 is 4.92 Å². The lowest BCUT2D eigenvalue weighted by Crippen LogP contribution is -2.15. The first-order chi connectivity index (χ1) is 8.00. The molecular weight excluding hydrogens is 256 g/mol. The first-order valence-corrected chi connectivity index (χ1v) is 5.53. The molecule has 102 valence electrons. The third-order valence-electron chi connectivity index (χ3n) is 2.32. The normalized spacial score (nSPS) is 10.0. The molecule has 5 nitrogen and oxygen atoms in total. The Morgan fingerprint density at radius 3 is 2.61 bits per heavy atom. The van der Waals surface area contributed by atoms with Gasteiger partial charge in [-0.1, -0.05) is 6.07 Å². The summed E-state index contributed by atoms with van der Waals surface area (Å²) in [5.41, 5.74) is 0.985. The number of nitro groups is 1. The van der Waals surface area contributed by atoms with E-state index in [9.17, 15) is 10.1 Å². The van der Waals surface area contributed by atoms with Crippen LogP contribution in [-0.2, 0) is 0 Å². The van der Waals surface area contributed by atoms with Crippen molar-refractivity contribution in [1.29, 1.82) is 0 Å². The molecule has 6 heteroatoms. The van der Waals surface area contributed by atoms with Gasteiger partial charge in [0.05, 0.1) is 11.5 Å². The van der Waals surface area contributed by atoms with Gasteiger partial charge in [0.1, 0.15) is 0 Å². The first kappa shape index (κ1) is 16.7. The summed E-state index contributed by atoms with van der Waals surface area (Å²) < 4.78 is 5.46. The fourth-order valence-electron chi connectivity index (χ4n) is 1.45. The van der Waals surface area contributed by atoms with Gasteiger partial charge in [0.25, 0.3) is 0 Å². The van der Waals surface area contributed by atoms with E-state index in [2.05, 4.69) is 0 Å². The molecule has 0 atom stereocenters. The fourth-order valence-corrected chi connectivity index (χ4v) is 1.45.